The largest absolute Gasteiger partial charge is 0.271 e. The Morgan fingerprint density at radius 1 is 1.39 bits per heavy atom. The number of benzene rings is 1. The first-order valence-corrected chi connectivity index (χ1v) is 7.37. The number of thiazole rings is 1. The minimum atomic E-state index is -0.212. The van der Waals surface area contributed by atoms with Crippen LogP contribution >= 0.6 is 23.1 Å². The second kappa shape index (κ2) is 6.84. The van der Waals surface area contributed by atoms with Crippen LogP contribution in [0, 0.1) is 5.82 Å². The molecule has 1 unspecified atom stereocenters. The Bertz CT molecular complexity index is 459. The first-order valence-electron chi connectivity index (χ1n) is 5.51. The van der Waals surface area contributed by atoms with Crippen LogP contribution in [0.3, 0.4) is 0 Å². The van der Waals surface area contributed by atoms with E-state index in [1.165, 1.54) is 12.1 Å². The summed E-state index contributed by atoms with van der Waals surface area (Å²) in [7, 11) is 0. The van der Waals surface area contributed by atoms with E-state index in [-0.39, 0.29) is 11.9 Å². The lowest BCUT2D eigenvalue weighted by atomic mass is 10.2. The van der Waals surface area contributed by atoms with Gasteiger partial charge in [-0.1, -0.05) is 0 Å². The monoisotopic (exact) mass is 283 g/mol. The zero-order chi connectivity index (χ0) is 12.8. The van der Waals surface area contributed by atoms with Gasteiger partial charge in [0.1, 0.15) is 5.82 Å². The second-order valence-electron chi connectivity index (χ2n) is 3.76. The van der Waals surface area contributed by atoms with Crippen LogP contribution in [0.2, 0.25) is 0 Å². The van der Waals surface area contributed by atoms with Gasteiger partial charge in [0.05, 0.1) is 5.01 Å². The molecule has 1 atom stereocenters. The molecule has 1 aromatic carbocycles. The number of nitrogens with one attached hydrogen (secondary N) is 1. The zero-order valence-electron chi connectivity index (χ0n) is 9.67. The quantitative estimate of drug-likeness (QED) is 0.486. The third-order valence-electron chi connectivity index (χ3n) is 2.41. The molecule has 3 nitrogen and oxygen atoms in total. The molecule has 2 rings (SSSR count). The average molecular weight is 283 g/mol. The predicted octanol–water partition coefficient (Wildman–Crippen LogP) is 2.45. The SMILES string of the molecule is NNC(CSc1ccc(F)cc1)Cc1nccs1. The van der Waals surface area contributed by atoms with Gasteiger partial charge in [0.15, 0.2) is 0 Å². The zero-order valence-corrected chi connectivity index (χ0v) is 11.3. The summed E-state index contributed by atoms with van der Waals surface area (Å²) in [6.07, 6.45) is 2.60. The van der Waals surface area contributed by atoms with E-state index in [0.29, 0.717) is 0 Å². The summed E-state index contributed by atoms with van der Waals surface area (Å²) in [6, 6.07) is 6.64. The Labute approximate surface area is 114 Å². The fraction of sp³-hybridized carbons (Fsp3) is 0.250. The lowest BCUT2D eigenvalue weighted by molar-refractivity contribution is 0.574. The lowest BCUT2D eigenvalue weighted by Gasteiger charge is -2.13. The summed E-state index contributed by atoms with van der Waals surface area (Å²) in [5.74, 6) is 6.14. The van der Waals surface area contributed by atoms with E-state index in [2.05, 4.69) is 10.4 Å². The fourth-order valence-corrected chi connectivity index (χ4v) is 3.09. The van der Waals surface area contributed by atoms with Crippen molar-refractivity contribution in [3.05, 3.63) is 46.7 Å². The van der Waals surface area contributed by atoms with Crippen LogP contribution in [0.4, 0.5) is 4.39 Å². The first-order chi connectivity index (χ1) is 8.78. The van der Waals surface area contributed by atoms with Crippen molar-refractivity contribution in [2.75, 3.05) is 5.75 Å². The highest BCUT2D eigenvalue weighted by Gasteiger charge is 2.10. The van der Waals surface area contributed by atoms with E-state index < -0.39 is 0 Å². The molecule has 1 aromatic heterocycles. The highest BCUT2D eigenvalue weighted by molar-refractivity contribution is 7.99. The molecule has 3 N–H and O–H groups in total. The van der Waals surface area contributed by atoms with Crippen molar-refractivity contribution in [3.63, 3.8) is 0 Å². The lowest BCUT2D eigenvalue weighted by Crippen LogP contribution is -2.38. The number of rotatable bonds is 6. The molecule has 6 heteroatoms. The van der Waals surface area contributed by atoms with Gasteiger partial charge in [-0.2, -0.15) is 0 Å². The number of hydrogen-bond acceptors (Lipinski definition) is 5. The predicted molar refractivity (Wildman–Crippen MR) is 74.1 cm³/mol. The molecule has 0 aliphatic rings. The van der Waals surface area contributed by atoms with Crippen LogP contribution < -0.4 is 11.3 Å². The molecule has 1 heterocycles. The molecule has 2 aromatic rings. The Hall–Kier alpha value is -0.950. The summed E-state index contributed by atoms with van der Waals surface area (Å²) in [4.78, 5) is 5.27. The van der Waals surface area contributed by atoms with Gasteiger partial charge < -0.3 is 0 Å². The van der Waals surface area contributed by atoms with Crippen LogP contribution in [-0.4, -0.2) is 16.8 Å². The maximum absolute atomic E-state index is 12.8. The summed E-state index contributed by atoms with van der Waals surface area (Å²) in [6.45, 7) is 0. The third kappa shape index (κ3) is 4.06. The molecule has 0 radical (unpaired) electrons. The number of hydrazine groups is 1. The van der Waals surface area contributed by atoms with Crippen molar-refractivity contribution in [1.29, 1.82) is 0 Å². The molecule has 0 spiro atoms. The Morgan fingerprint density at radius 3 is 2.78 bits per heavy atom. The summed E-state index contributed by atoms with van der Waals surface area (Å²) < 4.78 is 12.8. The highest BCUT2D eigenvalue weighted by atomic mass is 32.2. The highest BCUT2D eigenvalue weighted by Crippen LogP contribution is 2.20. The van der Waals surface area contributed by atoms with Gasteiger partial charge in [0.2, 0.25) is 0 Å². The second-order valence-corrected chi connectivity index (χ2v) is 5.83. The van der Waals surface area contributed by atoms with Gasteiger partial charge in [-0.25, -0.2) is 9.37 Å². The van der Waals surface area contributed by atoms with Crippen LogP contribution in [0.5, 0.6) is 0 Å². The topological polar surface area (TPSA) is 50.9 Å². The molecule has 0 fully saturated rings. The van der Waals surface area contributed by atoms with Crippen molar-refractivity contribution in [1.82, 2.24) is 10.4 Å². The smallest absolute Gasteiger partial charge is 0.123 e. The van der Waals surface area contributed by atoms with Crippen LogP contribution in [0.25, 0.3) is 0 Å². The number of aromatic nitrogens is 1. The molecule has 18 heavy (non-hydrogen) atoms. The third-order valence-corrected chi connectivity index (χ3v) is 4.38. The summed E-state index contributed by atoms with van der Waals surface area (Å²) in [5.41, 5.74) is 2.79. The van der Waals surface area contributed by atoms with Gasteiger partial charge in [0.25, 0.3) is 0 Å². The molecule has 0 amide bonds. The summed E-state index contributed by atoms with van der Waals surface area (Å²) in [5, 5.41) is 3.02. The number of halogens is 1. The molecule has 0 bridgehead atoms. The molecule has 0 saturated heterocycles. The van der Waals surface area contributed by atoms with Gasteiger partial charge in [-0.15, -0.1) is 23.1 Å². The van der Waals surface area contributed by atoms with E-state index in [1.54, 1.807) is 41.4 Å². The molecule has 96 valence electrons. The van der Waals surface area contributed by atoms with Gasteiger partial charge in [-0.05, 0) is 24.3 Å². The van der Waals surface area contributed by atoms with Crippen molar-refractivity contribution in [2.24, 2.45) is 5.84 Å². The standard InChI is InChI=1S/C12H14FN3S2/c13-9-1-3-11(4-2-9)18-8-10(16-14)7-12-15-5-6-17-12/h1-6,10,16H,7-8,14H2. The number of nitrogens with zero attached hydrogens (tertiary/aromatic N) is 1. The van der Waals surface area contributed by atoms with Gasteiger partial charge in [-0.3, -0.25) is 11.3 Å². The van der Waals surface area contributed by atoms with E-state index >= 15 is 0 Å². The number of hydrogen-bond donors (Lipinski definition) is 2. The summed E-state index contributed by atoms with van der Waals surface area (Å²) >= 11 is 3.28. The molecular formula is C12H14FN3S2. The van der Waals surface area contributed by atoms with E-state index in [0.717, 1.165) is 22.1 Å². The van der Waals surface area contributed by atoms with Crippen LogP contribution in [0.15, 0.2) is 40.7 Å². The molecule has 0 aliphatic carbocycles. The Balaban J connectivity index is 1.85. The maximum Gasteiger partial charge on any atom is 0.123 e. The van der Waals surface area contributed by atoms with Gasteiger partial charge >= 0.3 is 0 Å². The van der Waals surface area contributed by atoms with Crippen molar-refractivity contribution < 1.29 is 4.39 Å². The van der Waals surface area contributed by atoms with Crippen molar-refractivity contribution in [3.8, 4) is 0 Å². The minimum Gasteiger partial charge on any atom is -0.271 e. The van der Waals surface area contributed by atoms with E-state index in [1.807, 2.05) is 5.38 Å². The van der Waals surface area contributed by atoms with Gasteiger partial charge in [0, 0.05) is 34.7 Å². The van der Waals surface area contributed by atoms with Crippen LogP contribution in [-0.2, 0) is 6.42 Å². The normalized spacial score (nSPS) is 12.6. The molecule has 0 saturated carbocycles. The molecule has 0 aliphatic heterocycles. The fourth-order valence-electron chi connectivity index (χ4n) is 1.46. The van der Waals surface area contributed by atoms with Crippen molar-refractivity contribution >= 4 is 23.1 Å². The number of thioether (sulfide) groups is 1. The minimum absolute atomic E-state index is 0.159. The van der Waals surface area contributed by atoms with Crippen molar-refractivity contribution in [2.45, 2.75) is 17.4 Å². The van der Waals surface area contributed by atoms with Crippen LogP contribution in [0.1, 0.15) is 5.01 Å². The van der Waals surface area contributed by atoms with E-state index in [4.69, 9.17) is 5.84 Å². The first kappa shape index (κ1) is 13.5. The average Bonchev–Trinajstić information content (AvgIpc) is 2.89. The van der Waals surface area contributed by atoms with E-state index in [9.17, 15) is 4.39 Å². The Kier molecular flexibility index (Phi) is 5.12. The Morgan fingerprint density at radius 2 is 2.17 bits per heavy atom. The number of nitrogens with two attached hydrogens (primary N) is 1. The maximum atomic E-state index is 12.8. The molecular weight excluding hydrogens is 269 g/mol.